The minimum absolute atomic E-state index is 0.0325. The lowest BCUT2D eigenvalue weighted by atomic mass is 9.92. The highest BCUT2D eigenvalue weighted by atomic mass is 16.5. The van der Waals surface area contributed by atoms with Crippen LogP contribution in [-0.4, -0.2) is 45.6 Å². The van der Waals surface area contributed by atoms with Gasteiger partial charge in [-0.2, -0.15) is 10.1 Å². The van der Waals surface area contributed by atoms with Gasteiger partial charge >= 0.3 is 11.5 Å². The van der Waals surface area contributed by atoms with Crippen LogP contribution in [-0.2, 0) is 24.2 Å². The zero-order valence-corrected chi connectivity index (χ0v) is 25.1. The molecule has 0 bridgehead atoms. The van der Waals surface area contributed by atoms with E-state index in [0.717, 1.165) is 60.1 Å². The number of aromatic nitrogens is 8. The first-order valence-electron chi connectivity index (χ1n) is 15.3. The van der Waals surface area contributed by atoms with Crippen LogP contribution < -0.4 is 17.1 Å². The summed E-state index contributed by atoms with van der Waals surface area (Å²) >= 11 is 0. The number of rotatable bonds is 10. The van der Waals surface area contributed by atoms with E-state index in [-0.39, 0.29) is 30.2 Å². The smallest absolute Gasteiger partial charge is 0.390 e. The molecule has 14 heteroatoms. The molecule has 1 aliphatic rings. The number of nitrogens with one attached hydrogen (secondary N) is 2. The molecule has 1 fully saturated rings. The van der Waals surface area contributed by atoms with E-state index in [1.165, 1.54) is 6.33 Å². The predicted octanol–water partition coefficient (Wildman–Crippen LogP) is 3.82. The number of hydrogen-bond donors (Lipinski definition) is 2. The number of fused-ring (bicyclic) bond motifs is 1. The van der Waals surface area contributed by atoms with E-state index >= 15 is 0 Å². The molecular weight excluding hydrogens is 592 g/mol. The standard InChI is InChI=1S/C32H32N8O6/c1-2-5-26-25(16-19-8-10-20(11-9-19)23-6-3-4-7-24(23)28-35-31(42)46-38-28)29(41)39(30-33-18-34-40(26)30)21-12-14-22(15-13-21)44-17-27-36-37-32(43)45-27/h3-4,6-11,18,21-22H,2,5,12-17H2,1H3,(H,37,43)(H,35,38,42)/t21-,22-. The van der Waals surface area contributed by atoms with Crippen LogP contribution in [0.25, 0.3) is 28.3 Å². The van der Waals surface area contributed by atoms with Crippen LogP contribution in [0.15, 0.2) is 78.2 Å². The fraction of sp³-hybridized carbons (Fsp3) is 0.344. The minimum atomic E-state index is -0.610. The van der Waals surface area contributed by atoms with E-state index in [1.54, 1.807) is 0 Å². The van der Waals surface area contributed by atoms with E-state index in [4.69, 9.17) is 13.7 Å². The van der Waals surface area contributed by atoms with Crippen molar-refractivity contribution in [3.05, 3.63) is 109 Å². The molecule has 46 heavy (non-hydrogen) atoms. The Labute approximate surface area is 261 Å². The SMILES string of the molecule is CCCc1c(Cc2ccc(-c3ccccc3-c3noc(=O)[nH]3)cc2)c(=O)n([C@H]2CC[C@H](OCc3n[nH]c(=O)o3)CC2)c2ncnn12. The van der Waals surface area contributed by atoms with Crippen LogP contribution in [0.3, 0.4) is 0 Å². The quantitative estimate of drug-likeness (QED) is 0.228. The highest BCUT2D eigenvalue weighted by Gasteiger charge is 2.28. The molecule has 2 aromatic carbocycles. The number of hydrogen-bond acceptors (Lipinski definition) is 10. The van der Waals surface area contributed by atoms with Gasteiger partial charge in [-0.25, -0.2) is 19.2 Å². The number of aryl methyl sites for hydroxylation is 1. The average molecular weight is 625 g/mol. The lowest BCUT2D eigenvalue weighted by Gasteiger charge is -2.30. The third-order valence-electron chi connectivity index (χ3n) is 8.52. The van der Waals surface area contributed by atoms with Crippen LogP contribution in [0.2, 0.25) is 0 Å². The molecule has 14 nitrogen and oxygen atoms in total. The van der Waals surface area contributed by atoms with Crippen LogP contribution in [0.4, 0.5) is 0 Å². The highest BCUT2D eigenvalue weighted by molar-refractivity contribution is 5.80. The lowest BCUT2D eigenvalue weighted by molar-refractivity contribution is -0.00145. The van der Waals surface area contributed by atoms with Crippen molar-refractivity contribution in [2.24, 2.45) is 0 Å². The Morgan fingerprint density at radius 1 is 0.978 bits per heavy atom. The number of ether oxygens (including phenoxy) is 1. The van der Waals surface area contributed by atoms with Gasteiger partial charge < -0.3 is 9.15 Å². The van der Waals surface area contributed by atoms with Gasteiger partial charge in [0.05, 0.1) is 11.8 Å². The molecule has 1 saturated carbocycles. The first-order chi connectivity index (χ1) is 22.5. The molecular formula is C32H32N8O6. The zero-order chi connectivity index (χ0) is 31.6. The third kappa shape index (κ3) is 5.74. The van der Waals surface area contributed by atoms with Gasteiger partial charge in [-0.3, -0.25) is 18.9 Å². The maximum atomic E-state index is 14.3. The molecule has 0 saturated heterocycles. The molecule has 0 unspecified atom stereocenters. The highest BCUT2D eigenvalue weighted by Crippen LogP contribution is 2.32. The van der Waals surface area contributed by atoms with Gasteiger partial charge in [0.2, 0.25) is 11.7 Å². The molecule has 0 atom stereocenters. The summed E-state index contributed by atoms with van der Waals surface area (Å²) in [6.45, 7) is 2.20. The summed E-state index contributed by atoms with van der Waals surface area (Å²) in [6, 6.07) is 15.6. The molecule has 0 aliphatic heterocycles. The van der Waals surface area contributed by atoms with E-state index in [1.807, 2.05) is 57.6 Å². The Kier molecular flexibility index (Phi) is 8.01. The van der Waals surface area contributed by atoms with Crippen molar-refractivity contribution >= 4 is 5.78 Å². The van der Waals surface area contributed by atoms with Crippen molar-refractivity contribution < 1.29 is 13.7 Å². The first-order valence-corrected chi connectivity index (χ1v) is 15.3. The van der Waals surface area contributed by atoms with Crippen LogP contribution in [0.1, 0.15) is 67.8 Å². The Morgan fingerprint density at radius 2 is 1.76 bits per heavy atom. The molecule has 1 aliphatic carbocycles. The molecule has 7 rings (SSSR count). The topological polar surface area (TPSA) is 179 Å². The summed E-state index contributed by atoms with van der Waals surface area (Å²) in [4.78, 5) is 44.2. The largest absolute Gasteiger partial charge is 0.439 e. The number of benzene rings is 2. The zero-order valence-electron chi connectivity index (χ0n) is 25.1. The molecule has 0 radical (unpaired) electrons. The van der Waals surface area contributed by atoms with Crippen molar-refractivity contribution in [1.82, 2.24) is 39.5 Å². The van der Waals surface area contributed by atoms with Gasteiger partial charge in [-0.15, -0.1) is 5.10 Å². The summed E-state index contributed by atoms with van der Waals surface area (Å²) in [7, 11) is 0. The average Bonchev–Trinajstić information content (AvgIpc) is 3.84. The molecule has 236 valence electrons. The van der Waals surface area contributed by atoms with E-state index in [2.05, 4.69) is 37.3 Å². The molecule has 4 heterocycles. The third-order valence-corrected chi connectivity index (χ3v) is 8.52. The van der Waals surface area contributed by atoms with Gasteiger partial charge in [-0.05, 0) is 48.8 Å². The maximum absolute atomic E-state index is 14.3. The summed E-state index contributed by atoms with van der Waals surface area (Å²) in [6.07, 6.45) is 6.40. The van der Waals surface area contributed by atoms with Gasteiger partial charge in [0.15, 0.2) is 5.82 Å². The van der Waals surface area contributed by atoms with Crippen molar-refractivity contribution in [3.8, 4) is 22.5 Å². The van der Waals surface area contributed by atoms with E-state index in [9.17, 15) is 14.4 Å². The fourth-order valence-electron chi connectivity index (χ4n) is 6.35. The van der Waals surface area contributed by atoms with E-state index in [0.29, 0.717) is 30.0 Å². The summed E-state index contributed by atoms with van der Waals surface area (Å²) in [5.41, 5.74) is 5.10. The van der Waals surface area contributed by atoms with Gasteiger partial charge in [0.1, 0.15) is 12.9 Å². The second-order valence-electron chi connectivity index (χ2n) is 11.4. The summed E-state index contributed by atoms with van der Waals surface area (Å²) in [5, 5.41) is 14.4. The maximum Gasteiger partial charge on any atom is 0.439 e. The second-order valence-corrected chi connectivity index (χ2v) is 11.4. The van der Waals surface area contributed by atoms with Gasteiger partial charge in [0.25, 0.3) is 5.56 Å². The fourth-order valence-corrected chi connectivity index (χ4v) is 6.35. The van der Waals surface area contributed by atoms with Crippen LogP contribution >= 0.6 is 0 Å². The minimum Gasteiger partial charge on any atom is -0.390 e. The summed E-state index contributed by atoms with van der Waals surface area (Å²) < 4.78 is 19.2. The molecule has 4 aromatic heterocycles. The van der Waals surface area contributed by atoms with E-state index < -0.39 is 11.5 Å². The normalized spacial score (nSPS) is 16.7. The second kappa shape index (κ2) is 12.6. The van der Waals surface area contributed by atoms with Crippen molar-refractivity contribution in [2.45, 2.75) is 70.6 Å². The molecule has 2 N–H and O–H groups in total. The number of nitrogens with zero attached hydrogens (tertiary/aromatic N) is 6. The van der Waals surface area contributed by atoms with Crippen LogP contribution in [0.5, 0.6) is 0 Å². The Hall–Kier alpha value is -5.37. The first kappa shape index (κ1) is 29.3. The lowest BCUT2D eigenvalue weighted by Crippen LogP contribution is -2.35. The van der Waals surface area contributed by atoms with Gasteiger partial charge in [-0.1, -0.05) is 67.0 Å². The Bertz CT molecular complexity index is 2140. The van der Waals surface area contributed by atoms with Crippen molar-refractivity contribution in [2.75, 3.05) is 0 Å². The Balaban J connectivity index is 1.16. The molecule has 0 amide bonds. The number of H-pyrrole nitrogens is 2. The van der Waals surface area contributed by atoms with Crippen molar-refractivity contribution in [1.29, 1.82) is 0 Å². The molecule has 6 aromatic rings. The van der Waals surface area contributed by atoms with Crippen molar-refractivity contribution in [3.63, 3.8) is 0 Å². The Morgan fingerprint density at radius 3 is 2.46 bits per heavy atom. The predicted molar refractivity (Wildman–Crippen MR) is 165 cm³/mol. The number of aromatic amines is 2. The summed E-state index contributed by atoms with van der Waals surface area (Å²) in [5.74, 6) is -0.0851. The monoisotopic (exact) mass is 624 g/mol. The molecule has 0 spiro atoms. The van der Waals surface area contributed by atoms with Gasteiger partial charge in [0, 0.05) is 23.6 Å². The van der Waals surface area contributed by atoms with Crippen LogP contribution in [0, 0.1) is 0 Å².